The number of thiophene rings is 1. The van der Waals surface area contributed by atoms with E-state index < -0.39 is 0 Å². The number of hydrogen-bond donors (Lipinski definition) is 1. The first kappa shape index (κ1) is 16.3. The Hall–Kier alpha value is -1.88. The fourth-order valence-corrected chi connectivity index (χ4v) is 5.68. The quantitative estimate of drug-likeness (QED) is 0.899. The molecule has 2 aromatic rings. The number of carbonyl (C=O) groups is 2. The Balaban J connectivity index is 1.29. The number of nitrogens with zero attached hydrogens (tertiary/aromatic N) is 1. The van der Waals surface area contributed by atoms with E-state index in [9.17, 15) is 9.59 Å². The van der Waals surface area contributed by atoms with Crippen molar-refractivity contribution in [2.45, 2.75) is 38.1 Å². The molecular weight excluding hydrogens is 344 g/mol. The third kappa shape index (κ3) is 2.64. The molecule has 1 saturated heterocycles. The van der Waals surface area contributed by atoms with Crippen molar-refractivity contribution in [1.82, 2.24) is 10.2 Å². The second kappa shape index (κ2) is 6.38. The molecule has 1 N–H and O–H groups in total. The van der Waals surface area contributed by atoms with Crippen LogP contribution in [-0.2, 0) is 4.79 Å². The number of carbonyl (C=O) groups excluding carboxylic acids is 2. The number of likely N-dealkylation sites (tertiary alicyclic amines) is 1. The van der Waals surface area contributed by atoms with Gasteiger partial charge in [-0.2, -0.15) is 0 Å². The lowest BCUT2D eigenvalue weighted by atomic mass is 9.61. The number of piperidine rings is 1. The van der Waals surface area contributed by atoms with E-state index in [2.05, 4.69) is 11.4 Å². The summed E-state index contributed by atoms with van der Waals surface area (Å²) in [5, 5.41) is 6.25. The lowest BCUT2D eigenvalue weighted by Gasteiger charge is -2.50. The maximum Gasteiger partial charge on any atom is 0.255 e. The van der Waals surface area contributed by atoms with Crippen molar-refractivity contribution in [1.29, 1.82) is 0 Å². The van der Waals surface area contributed by atoms with Crippen LogP contribution < -0.4 is 5.32 Å². The molecule has 5 heteroatoms. The molecule has 136 valence electrons. The van der Waals surface area contributed by atoms with Gasteiger partial charge >= 0.3 is 0 Å². The standard InChI is InChI=1S/C21H24N2O2S/c24-20(22-14-4-3-5-14)16-10-13-8-9-23(11-17(13)16)21(25)18-12-26-19-7-2-1-6-15(18)19/h1-2,6-7,12-14,16-17H,3-5,8-11H2,(H,22,24)/t13-,16-,17-/m1/s1. The molecule has 2 amide bonds. The van der Waals surface area contributed by atoms with Gasteiger partial charge in [-0.25, -0.2) is 0 Å². The van der Waals surface area contributed by atoms with Gasteiger partial charge in [-0.05, 0) is 50.0 Å². The van der Waals surface area contributed by atoms with Crippen LogP contribution in [0.3, 0.4) is 0 Å². The Morgan fingerprint density at radius 2 is 2.00 bits per heavy atom. The van der Waals surface area contributed by atoms with Crippen LogP contribution in [-0.4, -0.2) is 35.8 Å². The molecule has 5 rings (SSSR count). The van der Waals surface area contributed by atoms with Crippen molar-refractivity contribution in [3.05, 3.63) is 35.2 Å². The summed E-state index contributed by atoms with van der Waals surface area (Å²) in [7, 11) is 0. The summed E-state index contributed by atoms with van der Waals surface area (Å²) < 4.78 is 1.16. The van der Waals surface area contributed by atoms with Crippen LogP contribution in [0, 0.1) is 17.8 Å². The summed E-state index contributed by atoms with van der Waals surface area (Å²) >= 11 is 1.63. The summed E-state index contributed by atoms with van der Waals surface area (Å²) in [6, 6.07) is 8.50. The molecule has 0 spiro atoms. The largest absolute Gasteiger partial charge is 0.353 e. The predicted octanol–water partition coefficient (Wildman–Crippen LogP) is 3.67. The monoisotopic (exact) mass is 368 g/mol. The zero-order valence-electron chi connectivity index (χ0n) is 14.8. The summed E-state index contributed by atoms with van der Waals surface area (Å²) in [5.74, 6) is 1.43. The van der Waals surface area contributed by atoms with E-state index in [1.165, 1.54) is 6.42 Å². The smallest absolute Gasteiger partial charge is 0.255 e. The van der Waals surface area contributed by atoms with Crippen molar-refractivity contribution < 1.29 is 9.59 Å². The third-order valence-electron chi connectivity index (χ3n) is 6.67. The molecule has 3 fully saturated rings. The molecule has 2 saturated carbocycles. The van der Waals surface area contributed by atoms with Crippen molar-refractivity contribution in [2.75, 3.05) is 13.1 Å². The zero-order chi connectivity index (χ0) is 17.7. The van der Waals surface area contributed by atoms with Crippen LogP contribution in [0.2, 0.25) is 0 Å². The van der Waals surface area contributed by atoms with E-state index in [0.717, 1.165) is 54.4 Å². The van der Waals surface area contributed by atoms with Crippen molar-refractivity contribution in [2.24, 2.45) is 17.8 Å². The van der Waals surface area contributed by atoms with Gasteiger partial charge < -0.3 is 10.2 Å². The topological polar surface area (TPSA) is 49.4 Å². The number of nitrogens with one attached hydrogen (secondary N) is 1. The Morgan fingerprint density at radius 1 is 1.15 bits per heavy atom. The van der Waals surface area contributed by atoms with Crippen molar-refractivity contribution >= 4 is 33.2 Å². The average molecular weight is 369 g/mol. The summed E-state index contributed by atoms with van der Waals surface area (Å²) in [4.78, 5) is 27.6. The Labute approximate surface area is 157 Å². The van der Waals surface area contributed by atoms with Gasteiger partial charge in [0.05, 0.1) is 5.56 Å². The molecule has 26 heavy (non-hydrogen) atoms. The van der Waals surface area contributed by atoms with Gasteiger partial charge in [0, 0.05) is 40.5 Å². The van der Waals surface area contributed by atoms with Gasteiger partial charge in [-0.15, -0.1) is 11.3 Å². The van der Waals surface area contributed by atoms with E-state index in [0.29, 0.717) is 17.9 Å². The lowest BCUT2D eigenvalue weighted by molar-refractivity contribution is -0.137. The molecule has 4 nitrogen and oxygen atoms in total. The van der Waals surface area contributed by atoms with Gasteiger partial charge in [0.1, 0.15) is 0 Å². The van der Waals surface area contributed by atoms with Crippen LogP contribution in [0.4, 0.5) is 0 Å². The van der Waals surface area contributed by atoms with Gasteiger partial charge in [0.25, 0.3) is 5.91 Å². The maximum absolute atomic E-state index is 13.1. The average Bonchev–Trinajstić information content (AvgIpc) is 3.03. The van der Waals surface area contributed by atoms with Crippen LogP contribution in [0.1, 0.15) is 42.5 Å². The van der Waals surface area contributed by atoms with Crippen LogP contribution in [0.15, 0.2) is 29.6 Å². The number of fused-ring (bicyclic) bond motifs is 2. The predicted molar refractivity (Wildman–Crippen MR) is 103 cm³/mol. The Bertz CT molecular complexity index is 857. The SMILES string of the molecule is O=C(NC1CCC1)[C@@H]1C[C@H]2CCN(C(=O)c3csc4ccccc34)C[C@H]21. The molecule has 2 aliphatic carbocycles. The number of hydrogen-bond acceptors (Lipinski definition) is 3. The molecular formula is C21H24N2O2S. The number of amides is 2. The molecule has 0 unspecified atom stereocenters. The van der Waals surface area contributed by atoms with E-state index in [1.807, 2.05) is 28.5 Å². The molecule has 1 aromatic carbocycles. The first-order valence-electron chi connectivity index (χ1n) is 9.76. The van der Waals surface area contributed by atoms with Crippen LogP contribution in [0.5, 0.6) is 0 Å². The fourth-order valence-electron chi connectivity index (χ4n) is 4.74. The maximum atomic E-state index is 13.1. The second-order valence-corrected chi connectivity index (χ2v) is 9.00. The summed E-state index contributed by atoms with van der Waals surface area (Å²) in [6.07, 6.45) is 5.53. The highest BCUT2D eigenvalue weighted by Gasteiger charge is 2.48. The molecule has 3 aliphatic rings. The fraction of sp³-hybridized carbons (Fsp3) is 0.524. The minimum atomic E-state index is 0.107. The molecule has 1 aromatic heterocycles. The van der Waals surface area contributed by atoms with E-state index in [4.69, 9.17) is 0 Å². The van der Waals surface area contributed by atoms with Crippen molar-refractivity contribution in [3.8, 4) is 0 Å². The van der Waals surface area contributed by atoms with Gasteiger partial charge in [-0.1, -0.05) is 18.2 Å². The first-order chi connectivity index (χ1) is 12.7. The zero-order valence-corrected chi connectivity index (χ0v) is 15.6. The first-order valence-corrected chi connectivity index (χ1v) is 10.6. The highest BCUT2D eigenvalue weighted by Crippen LogP contribution is 2.46. The molecule has 2 heterocycles. The van der Waals surface area contributed by atoms with Crippen LogP contribution in [0.25, 0.3) is 10.1 Å². The van der Waals surface area contributed by atoms with E-state index in [-0.39, 0.29) is 17.7 Å². The van der Waals surface area contributed by atoms with Gasteiger partial charge in [0.2, 0.25) is 5.91 Å². The number of rotatable bonds is 3. The molecule has 1 aliphatic heterocycles. The summed E-state index contributed by atoms with van der Waals surface area (Å²) in [6.45, 7) is 1.55. The summed E-state index contributed by atoms with van der Waals surface area (Å²) in [5.41, 5.74) is 0.818. The van der Waals surface area contributed by atoms with E-state index in [1.54, 1.807) is 11.3 Å². The Kier molecular flexibility index (Phi) is 4.00. The van der Waals surface area contributed by atoms with E-state index >= 15 is 0 Å². The lowest BCUT2D eigenvalue weighted by Crippen LogP contribution is -2.57. The molecule has 0 radical (unpaired) electrons. The third-order valence-corrected chi connectivity index (χ3v) is 7.63. The Morgan fingerprint density at radius 3 is 2.81 bits per heavy atom. The minimum absolute atomic E-state index is 0.107. The second-order valence-electron chi connectivity index (χ2n) is 8.09. The minimum Gasteiger partial charge on any atom is -0.353 e. The van der Waals surface area contributed by atoms with Crippen LogP contribution >= 0.6 is 11.3 Å². The normalized spacial score (nSPS) is 28.2. The van der Waals surface area contributed by atoms with Crippen molar-refractivity contribution in [3.63, 3.8) is 0 Å². The number of benzene rings is 1. The molecule has 0 bridgehead atoms. The highest BCUT2D eigenvalue weighted by molar-refractivity contribution is 7.17. The van der Waals surface area contributed by atoms with Gasteiger partial charge in [0.15, 0.2) is 0 Å². The molecule has 3 atom stereocenters. The van der Waals surface area contributed by atoms with Gasteiger partial charge in [-0.3, -0.25) is 9.59 Å². The highest BCUT2D eigenvalue weighted by atomic mass is 32.1.